The lowest BCUT2D eigenvalue weighted by Crippen LogP contribution is -2.31. The van der Waals surface area contributed by atoms with Gasteiger partial charge in [0.15, 0.2) is 0 Å². The average Bonchev–Trinajstić information content (AvgIpc) is 2.98. The third-order valence-corrected chi connectivity index (χ3v) is 2.76. The highest BCUT2D eigenvalue weighted by Crippen LogP contribution is 2.02. The van der Waals surface area contributed by atoms with Crippen LogP contribution in [0.15, 0.2) is 47.1 Å². The van der Waals surface area contributed by atoms with Crippen LogP contribution in [0.5, 0.6) is 0 Å². The van der Waals surface area contributed by atoms with E-state index in [1.165, 1.54) is 18.4 Å². The van der Waals surface area contributed by atoms with Crippen LogP contribution in [-0.4, -0.2) is 11.8 Å². The van der Waals surface area contributed by atoms with Crippen molar-refractivity contribution in [1.29, 1.82) is 0 Å². The van der Waals surface area contributed by atoms with Crippen LogP contribution in [0.4, 0.5) is 4.39 Å². The normalized spacial score (nSPS) is 10.1. The summed E-state index contributed by atoms with van der Waals surface area (Å²) >= 11 is 0. The smallest absolute Gasteiger partial charge is 0.229 e. The number of benzene rings is 1. The van der Waals surface area contributed by atoms with E-state index in [2.05, 4.69) is 10.6 Å². The van der Waals surface area contributed by atoms with Crippen molar-refractivity contribution in [3.63, 3.8) is 0 Å². The largest absolute Gasteiger partial charge is 0.467 e. The Kier molecular flexibility index (Phi) is 5.09. The first-order valence-corrected chi connectivity index (χ1v) is 6.44. The second-order valence-corrected chi connectivity index (χ2v) is 4.44. The second kappa shape index (κ2) is 7.23. The molecule has 0 saturated carbocycles. The molecule has 1 aromatic heterocycles. The van der Waals surface area contributed by atoms with Gasteiger partial charge in [-0.2, -0.15) is 0 Å². The molecule has 6 heteroatoms. The Morgan fingerprint density at radius 2 is 1.67 bits per heavy atom. The molecule has 0 aliphatic rings. The second-order valence-electron chi connectivity index (χ2n) is 4.44. The van der Waals surface area contributed by atoms with E-state index >= 15 is 0 Å². The molecule has 0 unspecified atom stereocenters. The minimum Gasteiger partial charge on any atom is -0.467 e. The Balaban J connectivity index is 1.68. The topological polar surface area (TPSA) is 71.3 Å². The van der Waals surface area contributed by atoms with Gasteiger partial charge in [-0.05, 0) is 29.8 Å². The number of rotatable bonds is 6. The molecule has 110 valence electrons. The van der Waals surface area contributed by atoms with Gasteiger partial charge in [-0.1, -0.05) is 12.1 Å². The van der Waals surface area contributed by atoms with Crippen molar-refractivity contribution in [2.24, 2.45) is 0 Å². The van der Waals surface area contributed by atoms with E-state index in [-0.39, 0.29) is 31.2 Å². The number of hydrogen-bond donors (Lipinski definition) is 2. The molecular weight excluding hydrogens is 275 g/mol. The van der Waals surface area contributed by atoms with Gasteiger partial charge in [0.2, 0.25) is 11.8 Å². The molecule has 0 spiro atoms. The van der Waals surface area contributed by atoms with E-state index in [1.54, 1.807) is 24.3 Å². The molecule has 0 radical (unpaired) electrons. The number of carbonyl (C=O) groups is 2. The van der Waals surface area contributed by atoms with Crippen LogP contribution >= 0.6 is 0 Å². The minimum atomic E-state index is -0.392. The third kappa shape index (κ3) is 5.10. The first-order valence-electron chi connectivity index (χ1n) is 6.44. The van der Waals surface area contributed by atoms with Crippen LogP contribution in [0.25, 0.3) is 0 Å². The van der Waals surface area contributed by atoms with Crippen LogP contribution < -0.4 is 10.6 Å². The van der Waals surface area contributed by atoms with Crippen molar-refractivity contribution >= 4 is 11.8 Å². The van der Waals surface area contributed by atoms with Gasteiger partial charge in [-0.15, -0.1) is 0 Å². The lowest BCUT2D eigenvalue weighted by atomic mass is 10.2. The van der Waals surface area contributed by atoms with E-state index in [0.717, 1.165) is 5.56 Å². The fourth-order valence-corrected chi connectivity index (χ4v) is 1.67. The van der Waals surface area contributed by atoms with Gasteiger partial charge in [0, 0.05) is 6.54 Å². The molecule has 0 atom stereocenters. The fourth-order valence-electron chi connectivity index (χ4n) is 1.67. The van der Waals surface area contributed by atoms with Crippen molar-refractivity contribution in [2.45, 2.75) is 19.5 Å². The molecule has 0 saturated heterocycles. The summed E-state index contributed by atoms with van der Waals surface area (Å²) in [4.78, 5) is 23.1. The Bertz CT molecular complexity index is 594. The van der Waals surface area contributed by atoms with E-state index < -0.39 is 5.91 Å². The van der Waals surface area contributed by atoms with Gasteiger partial charge in [-0.3, -0.25) is 9.59 Å². The standard InChI is InChI=1S/C15H15FN2O3/c16-12-5-3-11(4-6-12)9-17-14(19)8-15(20)18-10-13-2-1-7-21-13/h1-7H,8-10H2,(H,17,19)(H,18,20). The maximum Gasteiger partial charge on any atom is 0.229 e. The molecule has 5 nitrogen and oxygen atoms in total. The lowest BCUT2D eigenvalue weighted by molar-refractivity contribution is -0.129. The zero-order chi connectivity index (χ0) is 15.1. The van der Waals surface area contributed by atoms with Crippen molar-refractivity contribution in [3.05, 3.63) is 59.8 Å². The maximum atomic E-state index is 12.7. The molecule has 1 aromatic carbocycles. The summed E-state index contributed by atoms with van der Waals surface area (Å²) in [5.41, 5.74) is 0.765. The zero-order valence-corrected chi connectivity index (χ0v) is 11.3. The number of hydrogen-bond acceptors (Lipinski definition) is 3. The predicted molar refractivity (Wildman–Crippen MR) is 73.4 cm³/mol. The van der Waals surface area contributed by atoms with Crippen molar-refractivity contribution in [1.82, 2.24) is 10.6 Å². The molecule has 2 amide bonds. The van der Waals surface area contributed by atoms with Crippen molar-refractivity contribution in [3.8, 4) is 0 Å². The highest BCUT2D eigenvalue weighted by atomic mass is 19.1. The molecule has 0 aliphatic carbocycles. The van der Waals surface area contributed by atoms with Crippen LogP contribution in [0, 0.1) is 5.82 Å². The van der Waals surface area contributed by atoms with Gasteiger partial charge in [-0.25, -0.2) is 4.39 Å². The van der Waals surface area contributed by atoms with E-state index in [1.807, 2.05) is 0 Å². The number of nitrogens with one attached hydrogen (secondary N) is 2. The van der Waals surface area contributed by atoms with Gasteiger partial charge in [0.05, 0.1) is 12.8 Å². The molecule has 1 heterocycles. The molecule has 0 aliphatic heterocycles. The summed E-state index contributed by atoms with van der Waals surface area (Å²) in [5.74, 6) is -0.489. The van der Waals surface area contributed by atoms with E-state index in [0.29, 0.717) is 5.76 Å². The minimum absolute atomic E-state index is 0.247. The third-order valence-electron chi connectivity index (χ3n) is 2.76. The molecule has 21 heavy (non-hydrogen) atoms. The van der Waals surface area contributed by atoms with Crippen LogP contribution in [0.3, 0.4) is 0 Å². The highest BCUT2D eigenvalue weighted by Gasteiger charge is 2.09. The van der Waals surface area contributed by atoms with Gasteiger partial charge in [0.25, 0.3) is 0 Å². The number of furan rings is 1. The van der Waals surface area contributed by atoms with Gasteiger partial charge >= 0.3 is 0 Å². The summed E-state index contributed by atoms with van der Waals surface area (Å²) < 4.78 is 17.8. The summed E-state index contributed by atoms with van der Waals surface area (Å²) in [5, 5.41) is 5.18. The van der Waals surface area contributed by atoms with E-state index in [9.17, 15) is 14.0 Å². The maximum absolute atomic E-state index is 12.7. The first kappa shape index (κ1) is 14.8. The molecule has 2 aromatic rings. The summed E-state index contributed by atoms with van der Waals surface area (Å²) in [7, 11) is 0. The molecule has 0 fully saturated rings. The first-order chi connectivity index (χ1) is 10.1. The molecular formula is C15H15FN2O3. The number of carbonyl (C=O) groups excluding carboxylic acids is 2. The molecule has 2 rings (SSSR count). The summed E-state index contributed by atoms with van der Waals surface area (Å²) in [6.45, 7) is 0.502. The Morgan fingerprint density at radius 1 is 1.00 bits per heavy atom. The Labute approximate surface area is 121 Å². The van der Waals surface area contributed by atoms with Crippen LogP contribution in [0.1, 0.15) is 17.7 Å². The summed E-state index contributed by atoms with van der Waals surface area (Å²) in [6, 6.07) is 9.24. The number of amides is 2. The fraction of sp³-hybridized carbons (Fsp3) is 0.200. The number of halogens is 1. The SMILES string of the molecule is O=C(CC(=O)NCc1ccco1)NCc1ccc(F)cc1. The van der Waals surface area contributed by atoms with Crippen LogP contribution in [0.2, 0.25) is 0 Å². The molecule has 2 N–H and O–H groups in total. The van der Waals surface area contributed by atoms with Gasteiger partial charge in [0.1, 0.15) is 18.0 Å². The summed E-state index contributed by atoms with van der Waals surface area (Å²) in [6.07, 6.45) is 1.25. The zero-order valence-electron chi connectivity index (χ0n) is 11.3. The van der Waals surface area contributed by atoms with Gasteiger partial charge < -0.3 is 15.1 Å². The Morgan fingerprint density at radius 3 is 2.29 bits per heavy atom. The molecule has 0 bridgehead atoms. The van der Waals surface area contributed by atoms with Crippen LogP contribution in [-0.2, 0) is 22.7 Å². The monoisotopic (exact) mass is 290 g/mol. The Hall–Kier alpha value is -2.63. The van der Waals surface area contributed by atoms with Crippen molar-refractivity contribution in [2.75, 3.05) is 0 Å². The quantitative estimate of drug-likeness (QED) is 0.796. The van der Waals surface area contributed by atoms with E-state index in [4.69, 9.17) is 4.42 Å². The predicted octanol–water partition coefficient (Wildman–Crippen LogP) is 1.74. The van der Waals surface area contributed by atoms with Crippen molar-refractivity contribution < 1.29 is 18.4 Å². The highest BCUT2D eigenvalue weighted by molar-refractivity contribution is 5.96. The lowest BCUT2D eigenvalue weighted by Gasteiger charge is -2.06. The average molecular weight is 290 g/mol.